The van der Waals surface area contributed by atoms with Gasteiger partial charge >= 0.3 is 11.6 Å². The molecule has 1 atom stereocenters. The van der Waals surface area contributed by atoms with Crippen LogP contribution in [0.3, 0.4) is 0 Å². The lowest BCUT2D eigenvalue weighted by molar-refractivity contribution is -0.136. The number of rotatable bonds is 6. The van der Waals surface area contributed by atoms with Crippen LogP contribution in [0.5, 0.6) is 5.75 Å². The first-order valence-corrected chi connectivity index (χ1v) is 10.9. The van der Waals surface area contributed by atoms with Crippen LogP contribution in [0.25, 0.3) is 11.0 Å². The van der Waals surface area contributed by atoms with Crippen molar-refractivity contribution in [3.8, 4) is 5.75 Å². The summed E-state index contributed by atoms with van der Waals surface area (Å²) < 4.78 is 38.5. The molecule has 8 heteroatoms. The SMILES string of the molecule is CC[C@@H](NS(=O)(=O)c1ccc(C)cc1)C(=O)Oc1cc(C)cc2oc(=O)cc(C)c12. The molecule has 3 rings (SSSR count). The molecular formula is C22H23NO6S. The van der Waals surface area contributed by atoms with Crippen molar-refractivity contribution in [3.63, 3.8) is 0 Å². The van der Waals surface area contributed by atoms with E-state index >= 15 is 0 Å². The fraction of sp³-hybridized carbons (Fsp3) is 0.273. The Kier molecular flexibility index (Phi) is 6.09. The first-order valence-electron chi connectivity index (χ1n) is 9.46. The molecule has 1 aromatic heterocycles. The van der Waals surface area contributed by atoms with Crippen molar-refractivity contribution in [2.45, 2.75) is 45.1 Å². The van der Waals surface area contributed by atoms with E-state index in [9.17, 15) is 18.0 Å². The molecule has 0 radical (unpaired) electrons. The van der Waals surface area contributed by atoms with Gasteiger partial charge in [-0.25, -0.2) is 18.0 Å². The highest BCUT2D eigenvalue weighted by atomic mass is 32.2. The minimum absolute atomic E-state index is 0.0676. The maximum absolute atomic E-state index is 12.8. The summed E-state index contributed by atoms with van der Waals surface area (Å²) in [7, 11) is -3.90. The summed E-state index contributed by atoms with van der Waals surface area (Å²) in [6.07, 6.45) is 0.196. The summed E-state index contributed by atoms with van der Waals surface area (Å²) in [5.41, 5.74) is 2.05. The van der Waals surface area contributed by atoms with Gasteiger partial charge in [0, 0.05) is 6.07 Å². The van der Waals surface area contributed by atoms with Gasteiger partial charge in [0.15, 0.2) is 0 Å². The fourth-order valence-electron chi connectivity index (χ4n) is 3.11. The normalized spacial score (nSPS) is 12.7. The molecular weight excluding hydrogens is 406 g/mol. The van der Waals surface area contributed by atoms with Gasteiger partial charge in [-0.3, -0.25) is 0 Å². The molecule has 1 N–H and O–H groups in total. The van der Waals surface area contributed by atoms with Crippen molar-refractivity contribution in [2.24, 2.45) is 0 Å². The van der Waals surface area contributed by atoms with E-state index < -0.39 is 27.7 Å². The lowest BCUT2D eigenvalue weighted by Gasteiger charge is -2.17. The quantitative estimate of drug-likeness (QED) is 0.366. The predicted molar refractivity (Wildman–Crippen MR) is 113 cm³/mol. The number of benzene rings is 2. The van der Waals surface area contributed by atoms with E-state index in [2.05, 4.69) is 4.72 Å². The predicted octanol–water partition coefficient (Wildman–Crippen LogP) is 3.38. The third-order valence-corrected chi connectivity index (χ3v) is 6.17. The van der Waals surface area contributed by atoms with Crippen LogP contribution in [0.2, 0.25) is 0 Å². The average molecular weight is 429 g/mol. The molecule has 2 aromatic carbocycles. The van der Waals surface area contributed by atoms with Crippen LogP contribution in [0.1, 0.15) is 30.0 Å². The van der Waals surface area contributed by atoms with E-state index in [1.165, 1.54) is 18.2 Å². The molecule has 0 aliphatic rings. The molecule has 0 saturated carbocycles. The Morgan fingerprint density at radius 3 is 2.37 bits per heavy atom. The van der Waals surface area contributed by atoms with Gasteiger partial charge in [0.05, 0.1) is 10.3 Å². The van der Waals surface area contributed by atoms with Crippen LogP contribution in [-0.4, -0.2) is 20.4 Å². The fourth-order valence-corrected chi connectivity index (χ4v) is 4.38. The molecule has 0 fully saturated rings. The minimum Gasteiger partial charge on any atom is -0.425 e. The minimum atomic E-state index is -3.90. The van der Waals surface area contributed by atoms with Crippen molar-refractivity contribution < 1.29 is 22.4 Å². The van der Waals surface area contributed by atoms with E-state index in [0.29, 0.717) is 16.5 Å². The zero-order valence-corrected chi connectivity index (χ0v) is 18.0. The second-order valence-corrected chi connectivity index (χ2v) is 8.91. The number of hydrogen-bond donors (Lipinski definition) is 1. The standard InChI is InChI=1S/C22H23NO6S/c1-5-17(23-30(26,27)16-8-6-13(2)7-9-16)22(25)29-19-11-14(3)10-18-21(19)15(4)12-20(24)28-18/h6-12,17,23H,5H2,1-4H3/t17-/m1/s1. The Morgan fingerprint density at radius 1 is 1.07 bits per heavy atom. The van der Waals surface area contributed by atoms with Crippen LogP contribution >= 0.6 is 0 Å². The third-order valence-electron chi connectivity index (χ3n) is 4.68. The van der Waals surface area contributed by atoms with Crippen LogP contribution in [-0.2, 0) is 14.8 Å². The Balaban J connectivity index is 1.91. The topological polar surface area (TPSA) is 103 Å². The molecule has 1 heterocycles. The zero-order valence-electron chi connectivity index (χ0n) is 17.2. The Bertz CT molecular complexity index is 1260. The Morgan fingerprint density at radius 2 is 1.73 bits per heavy atom. The molecule has 0 aliphatic heterocycles. The number of carbonyl (C=O) groups excluding carboxylic acids is 1. The summed E-state index contributed by atoms with van der Waals surface area (Å²) >= 11 is 0. The summed E-state index contributed by atoms with van der Waals surface area (Å²) in [6, 6.07) is 9.89. The number of esters is 1. The number of aryl methyl sites for hydroxylation is 3. The van der Waals surface area contributed by atoms with Crippen LogP contribution in [0.15, 0.2) is 56.6 Å². The van der Waals surface area contributed by atoms with Gasteiger partial charge in [0.2, 0.25) is 10.0 Å². The van der Waals surface area contributed by atoms with E-state index in [1.54, 1.807) is 45.0 Å². The molecule has 0 bridgehead atoms. The van der Waals surface area contributed by atoms with Gasteiger partial charge < -0.3 is 9.15 Å². The van der Waals surface area contributed by atoms with E-state index in [-0.39, 0.29) is 17.1 Å². The number of hydrogen-bond acceptors (Lipinski definition) is 6. The number of sulfonamides is 1. The second-order valence-electron chi connectivity index (χ2n) is 7.20. The van der Waals surface area contributed by atoms with Gasteiger partial charge in [0.1, 0.15) is 17.4 Å². The monoisotopic (exact) mass is 429 g/mol. The van der Waals surface area contributed by atoms with Gasteiger partial charge in [-0.1, -0.05) is 24.6 Å². The molecule has 0 aliphatic carbocycles. The summed E-state index contributed by atoms with van der Waals surface area (Å²) in [6.45, 7) is 7.02. The first-order chi connectivity index (χ1) is 14.1. The molecule has 0 amide bonds. The molecule has 30 heavy (non-hydrogen) atoms. The summed E-state index contributed by atoms with van der Waals surface area (Å²) in [5.74, 6) is -0.532. The van der Waals surface area contributed by atoms with Gasteiger partial charge in [-0.15, -0.1) is 0 Å². The maximum atomic E-state index is 12.8. The molecule has 0 unspecified atom stereocenters. The maximum Gasteiger partial charge on any atom is 0.336 e. The number of fused-ring (bicyclic) bond motifs is 1. The van der Waals surface area contributed by atoms with Crippen LogP contribution < -0.4 is 15.1 Å². The van der Waals surface area contributed by atoms with E-state index in [0.717, 1.165) is 11.1 Å². The molecule has 0 spiro atoms. The van der Waals surface area contributed by atoms with E-state index in [4.69, 9.17) is 9.15 Å². The smallest absolute Gasteiger partial charge is 0.336 e. The highest BCUT2D eigenvalue weighted by Gasteiger charge is 2.27. The van der Waals surface area contributed by atoms with E-state index in [1.807, 2.05) is 6.92 Å². The van der Waals surface area contributed by atoms with Crippen molar-refractivity contribution in [2.75, 3.05) is 0 Å². The number of nitrogens with one attached hydrogen (secondary N) is 1. The third kappa shape index (κ3) is 4.60. The average Bonchev–Trinajstić information content (AvgIpc) is 2.65. The van der Waals surface area contributed by atoms with Gasteiger partial charge in [-0.2, -0.15) is 4.72 Å². The Labute approximate surface area is 174 Å². The zero-order chi connectivity index (χ0) is 22.1. The first kappa shape index (κ1) is 21.7. The second kappa shape index (κ2) is 8.41. The highest BCUT2D eigenvalue weighted by molar-refractivity contribution is 7.89. The van der Waals surface area contributed by atoms with Crippen molar-refractivity contribution >= 4 is 27.0 Å². The lowest BCUT2D eigenvalue weighted by atomic mass is 10.1. The number of ether oxygens (including phenoxy) is 1. The Hall–Kier alpha value is -2.97. The largest absolute Gasteiger partial charge is 0.425 e. The summed E-state index contributed by atoms with van der Waals surface area (Å²) in [4.78, 5) is 24.5. The van der Waals surface area contributed by atoms with Gasteiger partial charge in [-0.05, 0) is 62.6 Å². The lowest BCUT2D eigenvalue weighted by Crippen LogP contribution is -2.42. The van der Waals surface area contributed by atoms with Crippen molar-refractivity contribution in [1.29, 1.82) is 0 Å². The van der Waals surface area contributed by atoms with Crippen LogP contribution in [0, 0.1) is 20.8 Å². The van der Waals surface area contributed by atoms with Gasteiger partial charge in [0.25, 0.3) is 0 Å². The number of carbonyl (C=O) groups is 1. The molecule has 7 nitrogen and oxygen atoms in total. The molecule has 3 aromatic rings. The molecule has 158 valence electrons. The molecule has 0 saturated heterocycles. The van der Waals surface area contributed by atoms with Crippen molar-refractivity contribution in [1.82, 2.24) is 4.72 Å². The van der Waals surface area contributed by atoms with Crippen molar-refractivity contribution in [3.05, 3.63) is 69.6 Å². The highest BCUT2D eigenvalue weighted by Crippen LogP contribution is 2.30. The van der Waals surface area contributed by atoms with Crippen LogP contribution in [0.4, 0.5) is 0 Å². The summed E-state index contributed by atoms with van der Waals surface area (Å²) in [5, 5.41) is 0.491.